The number of carbonyl (C=O) groups is 2. The van der Waals surface area contributed by atoms with E-state index in [0.29, 0.717) is 43.3 Å². The van der Waals surface area contributed by atoms with E-state index in [2.05, 4.69) is 4.98 Å². The van der Waals surface area contributed by atoms with Gasteiger partial charge in [0.2, 0.25) is 11.8 Å². The molecule has 2 aromatic rings. The summed E-state index contributed by atoms with van der Waals surface area (Å²) < 4.78 is 28.3. The minimum Gasteiger partial charge on any atom is -0.508 e. The maximum atomic E-state index is 13.2. The molecule has 1 N–H and O–H groups in total. The molecule has 0 unspecified atom stereocenters. The number of carbonyl (C=O) groups excluding carboxylic acids is 2. The fourth-order valence-electron chi connectivity index (χ4n) is 4.58. The maximum absolute atomic E-state index is 13.2. The molecule has 0 bridgehead atoms. The van der Waals surface area contributed by atoms with Crippen LogP contribution >= 0.6 is 0 Å². The van der Waals surface area contributed by atoms with Crippen LogP contribution < -0.4 is 0 Å². The van der Waals surface area contributed by atoms with Crippen molar-refractivity contribution in [2.24, 2.45) is 0 Å². The molecule has 9 heteroatoms. The number of imidazole rings is 1. The van der Waals surface area contributed by atoms with Crippen molar-refractivity contribution in [3.63, 3.8) is 0 Å². The molecule has 182 valence electrons. The SMILES string of the molecule is CC(F)(F)CCN1CCC[C@H]1/C=C/C(=O)N1CCn2c(C(=O)Cc3ccccc3O)cnc2C1. The van der Waals surface area contributed by atoms with Crippen molar-refractivity contribution in [1.82, 2.24) is 19.4 Å². The first-order valence-electron chi connectivity index (χ1n) is 11.6. The van der Waals surface area contributed by atoms with Crippen LogP contribution in [0.4, 0.5) is 8.78 Å². The lowest BCUT2D eigenvalue weighted by Crippen LogP contribution is -2.38. The normalized spacial score (nSPS) is 19.0. The lowest BCUT2D eigenvalue weighted by molar-refractivity contribution is -0.127. The molecule has 1 amide bonds. The van der Waals surface area contributed by atoms with Crippen LogP contribution in [0.5, 0.6) is 5.75 Å². The number of hydrogen-bond donors (Lipinski definition) is 1. The van der Waals surface area contributed by atoms with Crippen LogP contribution in [-0.2, 0) is 24.3 Å². The van der Waals surface area contributed by atoms with Gasteiger partial charge in [-0.05, 0) is 32.4 Å². The number of fused-ring (bicyclic) bond motifs is 1. The molecule has 0 saturated carbocycles. The molecule has 0 radical (unpaired) electrons. The average molecular weight is 473 g/mol. The van der Waals surface area contributed by atoms with Gasteiger partial charge < -0.3 is 14.6 Å². The summed E-state index contributed by atoms with van der Waals surface area (Å²) in [6.45, 7) is 3.20. The summed E-state index contributed by atoms with van der Waals surface area (Å²) in [6, 6.07) is 6.74. The second-order valence-electron chi connectivity index (χ2n) is 9.12. The molecule has 1 aromatic heterocycles. The molecule has 34 heavy (non-hydrogen) atoms. The zero-order chi connectivity index (χ0) is 24.3. The smallest absolute Gasteiger partial charge is 0.246 e. The quantitative estimate of drug-likeness (QED) is 0.471. The zero-order valence-electron chi connectivity index (χ0n) is 19.3. The number of ketones is 1. The first kappa shape index (κ1) is 24.1. The number of phenolic OH excluding ortho intramolecular Hbond substituents is 1. The number of aromatic nitrogens is 2. The van der Waals surface area contributed by atoms with E-state index in [1.54, 1.807) is 29.2 Å². The summed E-state index contributed by atoms with van der Waals surface area (Å²) in [4.78, 5) is 33.6. The molecule has 1 atom stereocenters. The molecule has 2 aliphatic rings. The van der Waals surface area contributed by atoms with Gasteiger partial charge in [0.05, 0.1) is 12.7 Å². The highest BCUT2D eigenvalue weighted by Gasteiger charge is 2.28. The van der Waals surface area contributed by atoms with Crippen molar-refractivity contribution in [2.75, 3.05) is 19.6 Å². The molecular weight excluding hydrogens is 442 g/mol. The molecule has 2 aliphatic heterocycles. The first-order chi connectivity index (χ1) is 16.2. The first-order valence-corrected chi connectivity index (χ1v) is 11.6. The Morgan fingerprint density at radius 1 is 1.24 bits per heavy atom. The zero-order valence-corrected chi connectivity index (χ0v) is 19.3. The highest BCUT2D eigenvalue weighted by molar-refractivity contribution is 5.96. The van der Waals surface area contributed by atoms with E-state index in [1.165, 1.54) is 12.3 Å². The average Bonchev–Trinajstić information content (AvgIpc) is 3.43. The Kier molecular flexibility index (Phi) is 7.11. The van der Waals surface area contributed by atoms with Gasteiger partial charge in [0.1, 0.15) is 17.3 Å². The van der Waals surface area contributed by atoms with Crippen molar-refractivity contribution in [3.05, 3.63) is 59.7 Å². The second kappa shape index (κ2) is 10.0. The van der Waals surface area contributed by atoms with Gasteiger partial charge in [-0.25, -0.2) is 13.8 Å². The summed E-state index contributed by atoms with van der Waals surface area (Å²) in [5, 5.41) is 9.94. The topological polar surface area (TPSA) is 78.7 Å². The van der Waals surface area contributed by atoms with Crippen LogP contribution in [0, 0.1) is 0 Å². The van der Waals surface area contributed by atoms with Crippen molar-refractivity contribution in [2.45, 2.75) is 57.7 Å². The van der Waals surface area contributed by atoms with E-state index in [1.807, 2.05) is 15.5 Å². The molecule has 0 spiro atoms. The number of Topliss-reactive ketones (excluding diaryl/α,β-unsaturated/α-hetero) is 1. The molecule has 1 aromatic carbocycles. The Labute approximate surface area is 197 Å². The van der Waals surface area contributed by atoms with Crippen LogP contribution in [0.15, 0.2) is 42.6 Å². The van der Waals surface area contributed by atoms with E-state index < -0.39 is 5.92 Å². The lowest BCUT2D eigenvalue weighted by Gasteiger charge is -2.28. The Hall–Kier alpha value is -3.07. The predicted molar refractivity (Wildman–Crippen MR) is 123 cm³/mol. The van der Waals surface area contributed by atoms with E-state index in [4.69, 9.17) is 0 Å². The van der Waals surface area contributed by atoms with Crippen LogP contribution in [0.3, 0.4) is 0 Å². The van der Waals surface area contributed by atoms with Gasteiger partial charge in [-0.3, -0.25) is 14.5 Å². The summed E-state index contributed by atoms with van der Waals surface area (Å²) in [5.41, 5.74) is 1.03. The summed E-state index contributed by atoms with van der Waals surface area (Å²) >= 11 is 0. The summed E-state index contributed by atoms with van der Waals surface area (Å²) in [6.07, 6.45) is 6.56. The fourth-order valence-corrected chi connectivity index (χ4v) is 4.58. The standard InChI is InChI=1S/C25H30F2N4O3/c1-25(26,27)10-12-29-11-4-6-19(29)8-9-24(34)30-13-14-31-20(16-28-23(31)17-30)22(33)15-18-5-2-3-7-21(18)32/h2-3,5,7-9,16,19,32H,4,6,10-15,17H2,1H3/b9-8+/t19-/m0/s1. The van der Waals surface area contributed by atoms with Crippen LogP contribution in [0.1, 0.15) is 48.1 Å². The molecular formula is C25H30F2N4O3. The third-order valence-electron chi connectivity index (χ3n) is 6.52. The number of para-hydroxylation sites is 1. The van der Waals surface area contributed by atoms with Gasteiger partial charge in [-0.1, -0.05) is 24.3 Å². The minimum absolute atomic E-state index is 0.00305. The molecule has 3 heterocycles. The number of likely N-dealkylation sites (tertiary alicyclic amines) is 1. The largest absolute Gasteiger partial charge is 0.508 e. The van der Waals surface area contributed by atoms with Crippen molar-refractivity contribution >= 4 is 11.7 Å². The number of alkyl halides is 2. The second-order valence-corrected chi connectivity index (χ2v) is 9.12. The summed E-state index contributed by atoms with van der Waals surface area (Å²) in [5.74, 6) is -2.25. The fraction of sp³-hybridized carbons (Fsp3) is 0.480. The Morgan fingerprint density at radius 3 is 2.79 bits per heavy atom. The van der Waals surface area contributed by atoms with Gasteiger partial charge in [-0.15, -0.1) is 0 Å². The third-order valence-corrected chi connectivity index (χ3v) is 6.52. The molecule has 4 rings (SSSR count). The van der Waals surface area contributed by atoms with E-state index in [9.17, 15) is 23.5 Å². The highest BCUT2D eigenvalue weighted by Crippen LogP contribution is 2.24. The number of rotatable bonds is 8. The number of benzene rings is 1. The summed E-state index contributed by atoms with van der Waals surface area (Å²) in [7, 11) is 0. The van der Waals surface area contributed by atoms with Crippen molar-refractivity contribution < 1.29 is 23.5 Å². The van der Waals surface area contributed by atoms with Gasteiger partial charge in [0.15, 0.2) is 5.78 Å². The maximum Gasteiger partial charge on any atom is 0.246 e. The van der Waals surface area contributed by atoms with Gasteiger partial charge >= 0.3 is 0 Å². The Balaban J connectivity index is 1.35. The number of phenols is 1. The molecule has 1 fully saturated rings. The number of halogens is 2. The van der Waals surface area contributed by atoms with Crippen LogP contribution in [0.25, 0.3) is 0 Å². The van der Waals surface area contributed by atoms with Crippen molar-refractivity contribution in [1.29, 1.82) is 0 Å². The molecule has 1 saturated heterocycles. The van der Waals surface area contributed by atoms with Crippen molar-refractivity contribution in [3.8, 4) is 5.75 Å². The lowest BCUT2D eigenvalue weighted by atomic mass is 10.1. The van der Waals surface area contributed by atoms with Gasteiger partial charge in [0.25, 0.3) is 0 Å². The Morgan fingerprint density at radius 2 is 2.03 bits per heavy atom. The number of amides is 1. The van der Waals surface area contributed by atoms with E-state index >= 15 is 0 Å². The number of aromatic hydroxyl groups is 1. The Bertz CT molecular complexity index is 1080. The third kappa shape index (κ3) is 5.70. The monoisotopic (exact) mass is 472 g/mol. The predicted octanol–water partition coefficient (Wildman–Crippen LogP) is 3.42. The molecule has 7 nitrogen and oxygen atoms in total. The van der Waals surface area contributed by atoms with E-state index in [0.717, 1.165) is 26.3 Å². The van der Waals surface area contributed by atoms with Crippen LogP contribution in [0.2, 0.25) is 0 Å². The van der Waals surface area contributed by atoms with E-state index in [-0.39, 0.29) is 36.3 Å². The minimum atomic E-state index is -2.69. The molecule has 0 aliphatic carbocycles. The van der Waals surface area contributed by atoms with Gasteiger partial charge in [-0.2, -0.15) is 0 Å². The number of nitrogens with zero attached hydrogens (tertiary/aromatic N) is 4. The highest BCUT2D eigenvalue weighted by atomic mass is 19.3. The van der Waals surface area contributed by atoms with Crippen LogP contribution in [-0.4, -0.2) is 67.7 Å². The van der Waals surface area contributed by atoms with Gasteiger partial charge in [0, 0.05) is 50.2 Å². The number of hydrogen-bond acceptors (Lipinski definition) is 5.